The molecule has 0 heterocycles. The maximum Gasteiger partial charge on any atom is 0.0462 e. The zero-order chi connectivity index (χ0) is 11.9. The Kier molecular flexibility index (Phi) is 7.14. The molecule has 0 fully saturated rings. The van der Waals surface area contributed by atoms with E-state index < -0.39 is 0 Å². The zero-order valence-corrected chi connectivity index (χ0v) is 11.0. The molecule has 0 spiro atoms. The third kappa shape index (κ3) is 6.88. The first-order valence-electron chi connectivity index (χ1n) is 5.87. The number of rotatable bonds is 7. The summed E-state index contributed by atoms with van der Waals surface area (Å²) < 4.78 is 5.04. The Morgan fingerprint density at radius 3 is 2.33 bits per heavy atom. The van der Waals surface area contributed by atoms with Gasteiger partial charge in [-0.25, -0.2) is 0 Å². The predicted octanol–water partition coefficient (Wildman–Crippen LogP) is 2.32. The van der Waals surface area contributed by atoms with E-state index in [-0.39, 0.29) is 0 Å². The van der Waals surface area contributed by atoms with Gasteiger partial charge in [0.05, 0.1) is 0 Å². The van der Waals surface area contributed by atoms with E-state index in [1.54, 1.807) is 7.11 Å². The minimum atomic E-state index is 0.357. The van der Waals surface area contributed by atoms with Crippen molar-refractivity contribution < 1.29 is 4.74 Å². The fourth-order valence-electron chi connectivity index (χ4n) is 1.52. The molecule has 0 aromatic carbocycles. The van der Waals surface area contributed by atoms with Crippen LogP contribution in [-0.4, -0.2) is 19.8 Å². The minimum Gasteiger partial charge on any atom is -0.385 e. The smallest absolute Gasteiger partial charge is 0.0462 e. The molecule has 0 radical (unpaired) electrons. The van der Waals surface area contributed by atoms with Crippen LogP contribution in [0.1, 0.15) is 47.0 Å². The summed E-state index contributed by atoms with van der Waals surface area (Å²) in [5.74, 6) is 6.22. The number of hydrazine groups is 1. The van der Waals surface area contributed by atoms with Crippen LogP contribution < -0.4 is 11.3 Å². The lowest BCUT2D eigenvalue weighted by Crippen LogP contribution is -2.38. The molecule has 0 aromatic heterocycles. The molecule has 0 bridgehead atoms. The molecular weight excluding hydrogens is 188 g/mol. The van der Waals surface area contributed by atoms with Crippen LogP contribution in [0.2, 0.25) is 0 Å². The van der Waals surface area contributed by atoms with E-state index in [9.17, 15) is 0 Å². The molecule has 92 valence electrons. The number of nitrogens with two attached hydrogens (primary N) is 1. The average Bonchev–Trinajstić information content (AvgIpc) is 2.14. The van der Waals surface area contributed by atoms with Gasteiger partial charge in [-0.05, 0) is 30.6 Å². The maximum atomic E-state index is 5.56. The Hall–Kier alpha value is -0.120. The lowest BCUT2D eigenvalue weighted by Gasteiger charge is -2.30. The lowest BCUT2D eigenvalue weighted by molar-refractivity contribution is 0.178. The summed E-state index contributed by atoms with van der Waals surface area (Å²) in [5.41, 5.74) is 3.27. The van der Waals surface area contributed by atoms with Gasteiger partial charge in [-0.2, -0.15) is 0 Å². The van der Waals surface area contributed by atoms with Gasteiger partial charge in [0.25, 0.3) is 0 Å². The van der Waals surface area contributed by atoms with Gasteiger partial charge >= 0.3 is 0 Å². The molecule has 0 rings (SSSR count). The van der Waals surface area contributed by atoms with Crippen molar-refractivity contribution in [2.75, 3.05) is 13.7 Å². The summed E-state index contributed by atoms with van der Waals surface area (Å²) in [7, 11) is 1.74. The van der Waals surface area contributed by atoms with E-state index in [1.807, 2.05) is 0 Å². The summed E-state index contributed by atoms with van der Waals surface area (Å²) in [4.78, 5) is 0. The molecule has 3 nitrogen and oxygen atoms in total. The highest BCUT2D eigenvalue weighted by Gasteiger charge is 2.22. The summed E-state index contributed by atoms with van der Waals surface area (Å²) in [6.45, 7) is 9.95. The summed E-state index contributed by atoms with van der Waals surface area (Å²) >= 11 is 0. The van der Waals surface area contributed by atoms with Gasteiger partial charge in [0.2, 0.25) is 0 Å². The van der Waals surface area contributed by atoms with E-state index in [0.717, 1.165) is 25.9 Å². The lowest BCUT2D eigenvalue weighted by atomic mass is 9.78. The molecule has 0 amide bonds. The Balaban J connectivity index is 3.88. The van der Waals surface area contributed by atoms with E-state index in [0.29, 0.717) is 17.4 Å². The molecule has 2 atom stereocenters. The Morgan fingerprint density at radius 2 is 1.93 bits per heavy atom. The van der Waals surface area contributed by atoms with E-state index in [1.165, 1.54) is 0 Å². The van der Waals surface area contributed by atoms with Gasteiger partial charge in [0.1, 0.15) is 0 Å². The van der Waals surface area contributed by atoms with E-state index in [4.69, 9.17) is 10.6 Å². The topological polar surface area (TPSA) is 47.3 Å². The highest BCUT2D eigenvalue weighted by atomic mass is 16.5. The molecule has 0 aliphatic heterocycles. The van der Waals surface area contributed by atoms with Gasteiger partial charge in [0.15, 0.2) is 0 Å². The largest absolute Gasteiger partial charge is 0.385 e. The first kappa shape index (κ1) is 14.9. The van der Waals surface area contributed by atoms with Gasteiger partial charge < -0.3 is 4.74 Å². The van der Waals surface area contributed by atoms with Crippen LogP contribution in [-0.2, 0) is 4.74 Å². The molecule has 0 aliphatic carbocycles. The van der Waals surface area contributed by atoms with Gasteiger partial charge in [0, 0.05) is 19.8 Å². The van der Waals surface area contributed by atoms with Crippen molar-refractivity contribution in [2.24, 2.45) is 17.2 Å². The van der Waals surface area contributed by atoms with E-state index in [2.05, 4.69) is 33.1 Å². The SMILES string of the molecule is COCCCC(CC(C)C(C)(C)C)NN. The zero-order valence-electron chi connectivity index (χ0n) is 11.0. The molecular formula is C12H28N2O. The molecule has 0 saturated heterocycles. The van der Waals surface area contributed by atoms with Crippen molar-refractivity contribution in [3.8, 4) is 0 Å². The molecule has 2 unspecified atom stereocenters. The van der Waals surface area contributed by atoms with E-state index >= 15 is 0 Å². The molecule has 0 aliphatic rings. The van der Waals surface area contributed by atoms with Gasteiger partial charge in [-0.1, -0.05) is 27.7 Å². The summed E-state index contributed by atoms with van der Waals surface area (Å²) in [5, 5.41) is 0. The number of nitrogens with one attached hydrogen (secondary N) is 1. The number of ether oxygens (including phenoxy) is 1. The van der Waals surface area contributed by atoms with Crippen LogP contribution in [0.25, 0.3) is 0 Å². The number of hydrogen-bond donors (Lipinski definition) is 2. The predicted molar refractivity (Wildman–Crippen MR) is 65.5 cm³/mol. The fourth-order valence-corrected chi connectivity index (χ4v) is 1.52. The maximum absolute atomic E-state index is 5.56. The van der Waals surface area contributed by atoms with Gasteiger partial charge in [-0.15, -0.1) is 0 Å². The van der Waals surface area contributed by atoms with Gasteiger partial charge in [-0.3, -0.25) is 11.3 Å². The van der Waals surface area contributed by atoms with Crippen LogP contribution in [0.4, 0.5) is 0 Å². The molecule has 15 heavy (non-hydrogen) atoms. The molecule has 0 saturated carbocycles. The third-order valence-electron chi connectivity index (χ3n) is 3.25. The quantitative estimate of drug-likeness (QED) is 0.390. The standard InChI is InChI=1S/C12H28N2O/c1-10(12(2,3)4)9-11(14-13)7-6-8-15-5/h10-11,14H,6-9,13H2,1-5H3. The highest BCUT2D eigenvalue weighted by molar-refractivity contribution is 4.75. The van der Waals surface area contributed by atoms with Crippen LogP contribution in [0.5, 0.6) is 0 Å². The Bertz CT molecular complexity index is 154. The van der Waals surface area contributed by atoms with Crippen LogP contribution in [0, 0.1) is 11.3 Å². The highest BCUT2D eigenvalue weighted by Crippen LogP contribution is 2.29. The molecule has 3 heteroatoms. The minimum absolute atomic E-state index is 0.357. The molecule has 0 aromatic rings. The van der Waals surface area contributed by atoms with Crippen LogP contribution >= 0.6 is 0 Å². The van der Waals surface area contributed by atoms with Crippen molar-refractivity contribution in [1.29, 1.82) is 0 Å². The Morgan fingerprint density at radius 1 is 1.33 bits per heavy atom. The summed E-state index contributed by atoms with van der Waals surface area (Å²) in [6.07, 6.45) is 3.29. The van der Waals surface area contributed by atoms with Crippen LogP contribution in [0.15, 0.2) is 0 Å². The van der Waals surface area contributed by atoms with Crippen LogP contribution in [0.3, 0.4) is 0 Å². The van der Waals surface area contributed by atoms with Crippen molar-refractivity contribution in [3.63, 3.8) is 0 Å². The summed E-state index contributed by atoms with van der Waals surface area (Å²) in [6, 6.07) is 0.411. The fraction of sp³-hybridized carbons (Fsp3) is 1.00. The Labute approximate surface area is 94.7 Å². The molecule has 3 N–H and O–H groups in total. The first-order valence-corrected chi connectivity index (χ1v) is 5.87. The second-order valence-electron chi connectivity index (χ2n) is 5.50. The third-order valence-corrected chi connectivity index (χ3v) is 3.25. The number of hydrogen-bond acceptors (Lipinski definition) is 3. The average molecular weight is 216 g/mol. The van der Waals surface area contributed by atoms with Crippen molar-refractivity contribution >= 4 is 0 Å². The van der Waals surface area contributed by atoms with Crippen molar-refractivity contribution in [1.82, 2.24) is 5.43 Å². The number of methoxy groups -OCH3 is 1. The second kappa shape index (κ2) is 7.20. The van der Waals surface area contributed by atoms with Crippen molar-refractivity contribution in [3.05, 3.63) is 0 Å². The first-order chi connectivity index (χ1) is 6.91. The second-order valence-corrected chi connectivity index (χ2v) is 5.50. The monoisotopic (exact) mass is 216 g/mol. The normalized spacial score (nSPS) is 16.4. The van der Waals surface area contributed by atoms with Crippen molar-refractivity contribution in [2.45, 2.75) is 53.0 Å².